The van der Waals surface area contributed by atoms with Crippen LogP contribution in [0, 0.1) is 0 Å². The van der Waals surface area contributed by atoms with Crippen molar-refractivity contribution >= 4 is 15.5 Å². The maximum absolute atomic E-state index is 12.5. The number of aromatic nitrogens is 1. The molecule has 158 valence electrons. The van der Waals surface area contributed by atoms with Gasteiger partial charge in [0.15, 0.2) is 14.9 Å². The van der Waals surface area contributed by atoms with E-state index < -0.39 is 14.6 Å². The highest BCUT2D eigenvalue weighted by Crippen LogP contribution is 2.27. The van der Waals surface area contributed by atoms with Crippen molar-refractivity contribution in [2.75, 3.05) is 38.2 Å². The highest BCUT2D eigenvalue weighted by atomic mass is 32.2. The van der Waals surface area contributed by atoms with E-state index in [0.717, 1.165) is 37.6 Å². The fraction of sp³-hybridized carbons (Fsp3) is 0.500. The highest BCUT2D eigenvalue weighted by Gasteiger charge is 2.32. The quantitative estimate of drug-likeness (QED) is 0.741. The zero-order chi connectivity index (χ0) is 21.2. The fourth-order valence-corrected chi connectivity index (χ4v) is 4.58. The SMILES string of the molecule is COc1cccc(C(C)N2CCN(c3ccc(S(=O)(=O)C(C)(C)C)nc3)CC2)c1. The van der Waals surface area contributed by atoms with E-state index in [1.54, 1.807) is 40.1 Å². The van der Waals surface area contributed by atoms with E-state index in [0.29, 0.717) is 6.04 Å². The van der Waals surface area contributed by atoms with E-state index in [9.17, 15) is 8.42 Å². The lowest BCUT2D eigenvalue weighted by Crippen LogP contribution is -2.47. The minimum absolute atomic E-state index is 0.138. The second-order valence-corrected chi connectivity index (χ2v) is 11.1. The number of sulfone groups is 1. The molecule has 1 aliphatic heterocycles. The molecule has 1 fully saturated rings. The molecule has 1 aromatic carbocycles. The lowest BCUT2D eigenvalue weighted by Gasteiger charge is -2.39. The first-order chi connectivity index (χ1) is 13.6. The number of hydrogen-bond acceptors (Lipinski definition) is 6. The Morgan fingerprint density at radius 1 is 1.07 bits per heavy atom. The summed E-state index contributed by atoms with van der Waals surface area (Å²) in [6, 6.07) is 12.0. The van der Waals surface area contributed by atoms with Gasteiger partial charge in [-0.3, -0.25) is 4.90 Å². The van der Waals surface area contributed by atoms with Crippen LogP contribution in [0.25, 0.3) is 0 Å². The first kappa shape index (κ1) is 21.6. The van der Waals surface area contributed by atoms with E-state index in [-0.39, 0.29) is 5.03 Å². The molecule has 1 aromatic heterocycles. The van der Waals surface area contributed by atoms with Crippen molar-refractivity contribution in [3.63, 3.8) is 0 Å². The van der Waals surface area contributed by atoms with E-state index >= 15 is 0 Å². The molecule has 1 unspecified atom stereocenters. The van der Waals surface area contributed by atoms with Gasteiger partial charge in [0.2, 0.25) is 0 Å². The molecule has 29 heavy (non-hydrogen) atoms. The number of pyridine rings is 1. The van der Waals surface area contributed by atoms with Gasteiger partial charge in [-0.2, -0.15) is 0 Å². The summed E-state index contributed by atoms with van der Waals surface area (Å²) >= 11 is 0. The maximum Gasteiger partial charge on any atom is 0.200 e. The zero-order valence-electron chi connectivity index (χ0n) is 17.9. The number of benzene rings is 1. The monoisotopic (exact) mass is 417 g/mol. The standard InChI is InChI=1S/C22H31N3O3S/c1-17(18-7-6-8-20(15-18)28-5)24-11-13-25(14-12-24)19-9-10-21(23-16-19)29(26,27)22(2,3)4/h6-10,15-17H,11-14H2,1-5H3. The van der Waals surface area contributed by atoms with Gasteiger partial charge in [0.05, 0.1) is 23.7 Å². The summed E-state index contributed by atoms with van der Waals surface area (Å²) < 4.78 is 29.6. The van der Waals surface area contributed by atoms with E-state index in [4.69, 9.17) is 4.74 Å². The fourth-order valence-electron chi connectivity index (χ4n) is 3.51. The van der Waals surface area contributed by atoms with Gasteiger partial charge in [0.1, 0.15) is 5.75 Å². The molecule has 0 amide bonds. The molecule has 3 rings (SSSR count). The van der Waals surface area contributed by atoms with E-state index in [1.165, 1.54) is 5.56 Å². The highest BCUT2D eigenvalue weighted by molar-refractivity contribution is 7.92. The molecule has 7 heteroatoms. The first-order valence-corrected chi connectivity index (χ1v) is 11.5. The smallest absolute Gasteiger partial charge is 0.200 e. The van der Waals surface area contributed by atoms with Gasteiger partial charge >= 0.3 is 0 Å². The second kappa shape index (κ2) is 8.32. The number of anilines is 1. The maximum atomic E-state index is 12.5. The molecule has 6 nitrogen and oxygen atoms in total. The van der Waals surface area contributed by atoms with Crippen LogP contribution >= 0.6 is 0 Å². The molecule has 2 aromatic rings. The van der Waals surface area contributed by atoms with Gasteiger partial charge in [-0.25, -0.2) is 13.4 Å². The number of nitrogens with zero attached hydrogens (tertiary/aromatic N) is 3. The van der Waals surface area contributed by atoms with Gasteiger partial charge in [-0.1, -0.05) is 12.1 Å². The first-order valence-electron chi connectivity index (χ1n) is 9.97. The topological polar surface area (TPSA) is 62.7 Å². The number of piperazine rings is 1. The van der Waals surface area contributed by atoms with Crippen molar-refractivity contribution in [2.24, 2.45) is 0 Å². The summed E-state index contributed by atoms with van der Waals surface area (Å²) in [6.45, 7) is 10.9. The summed E-state index contributed by atoms with van der Waals surface area (Å²) in [5.41, 5.74) is 2.21. The van der Waals surface area contributed by atoms with Crippen LogP contribution in [0.1, 0.15) is 39.3 Å². The lowest BCUT2D eigenvalue weighted by atomic mass is 10.1. The Bertz CT molecular complexity index is 929. The van der Waals surface area contributed by atoms with Crippen molar-refractivity contribution in [2.45, 2.75) is 43.5 Å². The molecule has 0 radical (unpaired) electrons. The van der Waals surface area contributed by atoms with Gasteiger partial charge < -0.3 is 9.64 Å². The average molecular weight is 418 g/mol. The Kier molecular flexibility index (Phi) is 6.19. The van der Waals surface area contributed by atoms with Crippen LogP contribution in [0.4, 0.5) is 5.69 Å². The molecule has 1 atom stereocenters. The van der Waals surface area contributed by atoms with Crippen LogP contribution in [0.15, 0.2) is 47.6 Å². The van der Waals surface area contributed by atoms with Crippen LogP contribution in [-0.2, 0) is 9.84 Å². The Balaban J connectivity index is 1.65. The molecular weight excluding hydrogens is 386 g/mol. The van der Waals surface area contributed by atoms with Crippen LogP contribution in [0.2, 0.25) is 0 Å². The summed E-state index contributed by atoms with van der Waals surface area (Å²) in [5.74, 6) is 0.879. The Morgan fingerprint density at radius 3 is 2.31 bits per heavy atom. The summed E-state index contributed by atoms with van der Waals surface area (Å²) in [7, 11) is -1.74. The van der Waals surface area contributed by atoms with E-state index in [2.05, 4.69) is 33.8 Å². The van der Waals surface area contributed by atoms with Crippen LogP contribution < -0.4 is 9.64 Å². The number of ether oxygens (including phenoxy) is 1. The molecule has 2 heterocycles. The summed E-state index contributed by atoms with van der Waals surface area (Å²) in [5, 5.41) is 0.138. The van der Waals surface area contributed by atoms with Gasteiger partial charge in [0, 0.05) is 32.2 Å². The molecule has 0 bridgehead atoms. The second-order valence-electron chi connectivity index (χ2n) is 8.45. The van der Waals surface area contributed by atoms with Crippen LogP contribution in [0.5, 0.6) is 5.75 Å². The van der Waals surface area contributed by atoms with E-state index in [1.807, 2.05) is 18.2 Å². The summed E-state index contributed by atoms with van der Waals surface area (Å²) in [4.78, 5) is 8.97. The lowest BCUT2D eigenvalue weighted by molar-refractivity contribution is 0.198. The van der Waals surface area contributed by atoms with Gasteiger partial charge in [-0.05, 0) is 57.5 Å². The molecule has 1 aliphatic rings. The number of rotatable bonds is 5. The molecular formula is C22H31N3O3S. The predicted octanol–water partition coefficient (Wildman–Crippen LogP) is 3.55. The van der Waals surface area contributed by atoms with Crippen molar-refractivity contribution in [1.29, 1.82) is 0 Å². The molecule has 1 saturated heterocycles. The van der Waals surface area contributed by atoms with Crippen LogP contribution in [0.3, 0.4) is 0 Å². The van der Waals surface area contributed by atoms with Crippen molar-refractivity contribution in [3.8, 4) is 5.75 Å². The molecule has 0 aliphatic carbocycles. The van der Waals surface area contributed by atoms with Crippen molar-refractivity contribution in [3.05, 3.63) is 48.2 Å². The van der Waals surface area contributed by atoms with Crippen molar-refractivity contribution < 1.29 is 13.2 Å². The zero-order valence-corrected chi connectivity index (χ0v) is 18.7. The summed E-state index contributed by atoms with van der Waals surface area (Å²) in [6.07, 6.45) is 1.68. The van der Waals surface area contributed by atoms with Crippen molar-refractivity contribution in [1.82, 2.24) is 9.88 Å². The van der Waals surface area contributed by atoms with Gasteiger partial charge in [0.25, 0.3) is 0 Å². The molecule has 0 N–H and O–H groups in total. The Labute approximate surface area is 174 Å². The number of hydrogen-bond donors (Lipinski definition) is 0. The Hall–Kier alpha value is -2.12. The number of methoxy groups -OCH3 is 1. The minimum atomic E-state index is -3.43. The predicted molar refractivity (Wildman–Crippen MR) is 116 cm³/mol. The largest absolute Gasteiger partial charge is 0.497 e. The van der Waals surface area contributed by atoms with Gasteiger partial charge in [-0.15, -0.1) is 0 Å². The average Bonchev–Trinajstić information content (AvgIpc) is 2.72. The third-order valence-electron chi connectivity index (χ3n) is 5.61. The molecule has 0 saturated carbocycles. The molecule has 0 spiro atoms. The third kappa shape index (κ3) is 4.56. The minimum Gasteiger partial charge on any atom is -0.497 e. The Morgan fingerprint density at radius 2 is 1.76 bits per heavy atom. The third-order valence-corrected chi connectivity index (χ3v) is 8.01. The van der Waals surface area contributed by atoms with Crippen LogP contribution in [-0.4, -0.2) is 56.3 Å². The normalized spacial score (nSPS) is 17.2.